The normalized spacial score (nSPS) is 32.1. The monoisotopic (exact) mass is 266 g/mol. The molecule has 2 aliphatic rings. The number of rotatable bonds is 5. The van der Waals surface area contributed by atoms with Gasteiger partial charge >= 0.3 is 0 Å². The second-order valence-corrected chi connectivity index (χ2v) is 7.48. The molecule has 2 nitrogen and oxygen atoms in total. The molecule has 19 heavy (non-hydrogen) atoms. The van der Waals surface area contributed by atoms with Crippen molar-refractivity contribution in [3.05, 3.63) is 0 Å². The first kappa shape index (κ1) is 15.3. The minimum Gasteiger partial charge on any atom is -0.312 e. The molecular formula is C17H34N2. The molecule has 1 N–H and O–H groups in total. The topological polar surface area (TPSA) is 15.3 Å². The van der Waals surface area contributed by atoms with Crippen molar-refractivity contribution < 1.29 is 0 Å². The lowest BCUT2D eigenvalue weighted by Crippen LogP contribution is -2.59. The lowest BCUT2D eigenvalue weighted by Gasteiger charge is -2.49. The van der Waals surface area contributed by atoms with Gasteiger partial charge in [0.25, 0.3) is 0 Å². The fourth-order valence-electron chi connectivity index (χ4n) is 4.34. The third-order valence-electron chi connectivity index (χ3n) is 5.59. The maximum absolute atomic E-state index is 3.87. The number of hydrogen-bond acceptors (Lipinski definition) is 2. The molecule has 0 aromatic carbocycles. The molecule has 2 rings (SSSR count). The summed E-state index contributed by atoms with van der Waals surface area (Å²) in [4.78, 5) is 2.74. The van der Waals surface area contributed by atoms with Crippen LogP contribution in [0.5, 0.6) is 0 Å². The highest BCUT2D eigenvalue weighted by Gasteiger charge is 2.41. The lowest BCUT2D eigenvalue weighted by molar-refractivity contribution is 0.0411. The molecule has 2 fully saturated rings. The summed E-state index contributed by atoms with van der Waals surface area (Å²) >= 11 is 0. The Morgan fingerprint density at radius 2 is 1.79 bits per heavy atom. The van der Waals surface area contributed by atoms with Crippen LogP contribution < -0.4 is 5.32 Å². The number of likely N-dealkylation sites (N-methyl/N-ethyl adjacent to an activating group) is 1. The molecule has 0 radical (unpaired) electrons. The summed E-state index contributed by atoms with van der Waals surface area (Å²) < 4.78 is 0. The van der Waals surface area contributed by atoms with Crippen LogP contribution in [-0.4, -0.2) is 36.6 Å². The molecule has 2 unspecified atom stereocenters. The highest BCUT2D eigenvalue weighted by molar-refractivity contribution is 4.99. The van der Waals surface area contributed by atoms with Gasteiger partial charge in [0.05, 0.1) is 0 Å². The lowest BCUT2D eigenvalue weighted by atomic mass is 9.70. The van der Waals surface area contributed by atoms with E-state index >= 15 is 0 Å². The van der Waals surface area contributed by atoms with Gasteiger partial charge in [0, 0.05) is 18.1 Å². The van der Waals surface area contributed by atoms with Gasteiger partial charge in [-0.25, -0.2) is 0 Å². The molecular weight excluding hydrogens is 232 g/mol. The molecule has 0 aliphatic heterocycles. The highest BCUT2D eigenvalue weighted by Crippen LogP contribution is 2.39. The minimum absolute atomic E-state index is 0.449. The van der Waals surface area contributed by atoms with Crippen LogP contribution in [0.1, 0.15) is 72.1 Å². The van der Waals surface area contributed by atoms with Gasteiger partial charge in [-0.3, -0.25) is 4.90 Å². The van der Waals surface area contributed by atoms with Gasteiger partial charge in [0.1, 0.15) is 0 Å². The van der Waals surface area contributed by atoms with Crippen LogP contribution in [0, 0.1) is 5.41 Å². The SMILES string of the molecule is CCCNC1C(N(C)C2CCCC2)CCCC1(C)C. The average Bonchev–Trinajstić information content (AvgIpc) is 2.89. The fourth-order valence-corrected chi connectivity index (χ4v) is 4.34. The van der Waals surface area contributed by atoms with Crippen molar-refractivity contribution in [3.63, 3.8) is 0 Å². The quantitative estimate of drug-likeness (QED) is 0.814. The Labute approximate surface area is 120 Å². The molecule has 2 aliphatic carbocycles. The van der Waals surface area contributed by atoms with E-state index < -0.39 is 0 Å². The Morgan fingerprint density at radius 3 is 2.42 bits per heavy atom. The molecule has 0 amide bonds. The first-order chi connectivity index (χ1) is 9.06. The van der Waals surface area contributed by atoms with Gasteiger partial charge in [-0.2, -0.15) is 0 Å². The molecule has 2 atom stereocenters. The molecule has 0 aromatic heterocycles. The first-order valence-corrected chi connectivity index (χ1v) is 8.51. The summed E-state index contributed by atoms with van der Waals surface area (Å²) in [7, 11) is 2.39. The molecule has 112 valence electrons. The van der Waals surface area contributed by atoms with Gasteiger partial charge in [-0.05, 0) is 51.1 Å². The molecule has 2 saturated carbocycles. The Morgan fingerprint density at radius 1 is 1.11 bits per heavy atom. The van der Waals surface area contributed by atoms with Gasteiger partial charge < -0.3 is 5.32 Å². The summed E-state index contributed by atoms with van der Waals surface area (Å²) in [5.41, 5.74) is 0.449. The highest BCUT2D eigenvalue weighted by atomic mass is 15.2. The Hall–Kier alpha value is -0.0800. The Bertz CT molecular complexity index is 268. The zero-order valence-electron chi connectivity index (χ0n) is 13.5. The molecule has 0 spiro atoms. The van der Waals surface area contributed by atoms with Gasteiger partial charge in [0.15, 0.2) is 0 Å². The molecule has 0 saturated heterocycles. The van der Waals surface area contributed by atoms with E-state index in [1.165, 1.54) is 57.9 Å². The Kier molecular flexibility index (Phi) is 5.30. The smallest absolute Gasteiger partial charge is 0.0274 e. The number of nitrogens with one attached hydrogen (secondary N) is 1. The van der Waals surface area contributed by atoms with Crippen molar-refractivity contribution in [2.45, 2.75) is 90.3 Å². The van der Waals surface area contributed by atoms with Gasteiger partial charge in [0.2, 0.25) is 0 Å². The van der Waals surface area contributed by atoms with Crippen molar-refractivity contribution in [1.29, 1.82) is 0 Å². The van der Waals surface area contributed by atoms with E-state index in [2.05, 4.69) is 38.0 Å². The third kappa shape index (κ3) is 3.52. The van der Waals surface area contributed by atoms with Crippen molar-refractivity contribution in [2.75, 3.05) is 13.6 Å². The van der Waals surface area contributed by atoms with Crippen molar-refractivity contribution in [2.24, 2.45) is 5.41 Å². The molecule has 0 bridgehead atoms. The van der Waals surface area contributed by atoms with E-state index in [9.17, 15) is 0 Å². The Balaban J connectivity index is 2.05. The van der Waals surface area contributed by atoms with Crippen LogP contribution in [-0.2, 0) is 0 Å². The molecule has 0 heterocycles. The minimum atomic E-state index is 0.449. The largest absolute Gasteiger partial charge is 0.312 e. The summed E-state index contributed by atoms with van der Waals surface area (Å²) in [5.74, 6) is 0. The summed E-state index contributed by atoms with van der Waals surface area (Å²) in [6.45, 7) is 8.38. The second kappa shape index (κ2) is 6.58. The van der Waals surface area contributed by atoms with Gasteiger partial charge in [-0.15, -0.1) is 0 Å². The van der Waals surface area contributed by atoms with Crippen molar-refractivity contribution in [1.82, 2.24) is 10.2 Å². The zero-order valence-corrected chi connectivity index (χ0v) is 13.5. The predicted octanol–water partition coefficient (Wildman–Crippen LogP) is 3.81. The van der Waals surface area contributed by atoms with Crippen molar-refractivity contribution >= 4 is 0 Å². The second-order valence-electron chi connectivity index (χ2n) is 7.48. The number of nitrogens with zero attached hydrogens (tertiary/aromatic N) is 1. The van der Waals surface area contributed by atoms with Crippen molar-refractivity contribution in [3.8, 4) is 0 Å². The van der Waals surface area contributed by atoms with Crippen LogP contribution in [0.3, 0.4) is 0 Å². The van der Waals surface area contributed by atoms with E-state index in [0.717, 1.165) is 12.1 Å². The van der Waals surface area contributed by atoms with Crippen LogP contribution in [0.15, 0.2) is 0 Å². The summed E-state index contributed by atoms with van der Waals surface area (Å²) in [6.07, 6.45) is 11.1. The standard InChI is InChI=1S/C17H34N2/c1-5-13-18-16-15(11-8-12-17(16,2)3)19(4)14-9-6-7-10-14/h14-16,18H,5-13H2,1-4H3. The predicted molar refractivity (Wildman–Crippen MR) is 83.5 cm³/mol. The first-order valence-electron chi connectivity index (χ1n) is 8.51. The maximum atomic E-state index is 3.87. The van der Waals surface area contributed by atoms with Crippen LogP contribution >= 0.6 is 0 Å². The van der Waals surface area contributed by atoms with Crippen LogP contribution in [0.2, 0.25) is 0 Å². The molecule has 2 heteroatoms. The van der Waals surface area contributed by atoms with E-state index in [1.54, 1.807) is 0 Å². The van der Waals surface area contributed by atoms with E-state index in [4.69, 9.17) is 0 Å². The molecule has 0 aromatic rings. The van der Waals surface area contributed by atoms with E-state index in [-0.39, 0.29) is 0 Å². The summed E-state index contributed by atoms with van der Waals surface area (Å²) in [5, 5.41) is 3.87. The van der Waals surface area contributed by atoms with E-state index in [0.29, 0.717) is 11.5 Å². The fraction of sp³-hybridized carbons (Fsp3) is 1.00. The number of hydrogen-bond donors (Lipinski definition) is 1. The zero-order chi connectivity index (χ0) is 13.9. The average molecular weight is 266 g/mol. The summed E-state index contributed by atoms with van der Waals surface area (Å²) in [6, 6.07) is 2.27. The van der Waals surface area contributed by atoms with Gasteiger partial charge in [-0.1, -0.05) is 40.0 Å². The third-order valence-corrected chi connectivity index (χ3v) is 5.59. The maximum Gasteiger partial charge on any atom is 0.0274 e. The van der Waals surface area contributed by atoms with Crippen LogP contribution in [0.4, 0.5) is 0 Å². The van der Waals surface area contributed by atoms with Crippen LogP contribution in [0.25, 0.3) is 0 Å². The van der Waals surface area contributed by atoms with E-state index in [1.807, 2.05) is 0 Å².